The molecule has 7 heteroatoms. The second-order valence-electron chi connectivity index (χ2n) is 7.53. The van der Waals surface area contributed by atoms with E-state index in [0.29, 0.717) is 27.6 Å². The van der Waals surface area contributed by atoms with Gasteiger partial charge in [-0.3, -0.25) is 9.59 Å². The van der Waals surface area contributed by atoms with Crippen molar-refractivity contribution >= 4 is 29.1 Å². The van der Waals surface area contributed by atoms with Crippen molar-refractivity contribution in [2.24, 2.45) is 0 Å². The van der Waals surface area contributed by atoms with Crippen LogP contribution in [0, 0.1) is 0 Å². The normalized spacial score (nSPS) is 17.3. The highest BCUT2D eigenvalue weighted by Crippen LogP contribution is 2.42. The first-order chi connectivity index (χ1) is 15.9. The highest BCUT2D eigenvalue weighted by Gasteiger charge is 2.46. The lowest BCUT2D eigenvalue weighted by Gasteiger charge is -2.26. The second-order valence-corrected chi connectivity index (χ2v) is 7.97. The van der Waals surface area contributed by atoms with Crippen LogP contribution in [0.4, 0.5) is 0 Å². The fourth-order valence-corrected chi connectivity index (χ4v) is 4.08. The number of methoxy groups -OCH3 is 2. The fraction of sp³-hybridized carbons (Fsp3) is 0.154. The summed E-state index contributed by atoms with van der Waals surface area (Å²) in [5.74, 6) is -0.738. The summed E-state index contributed by atoms with van der Waals surface area (Å²) in [6.07, 6.45) is 0. The zero-order valence-corrected chi connectivity index (χ0v) is 18.9. The van der Waals surface area contributed by atoms with Gasteiger partial charge < -0.3 is 19.5 Å². The molecule has 4 rings (SSSR count). The summed E-state index contributed by atoms with van der Waals surface area (Å²) < 4.78 is 10.8. The number of nitrogens with zero attached hydrogens (tertiary/aromatic N) is 1. The summed E-state index contributed by atoms with van der Waals surface area (Å²) in [4.78, 5) is 27.7. The maximum atomic E-state index is 13.2. The van der Waals surface area contributed by atoms with Crippen LogP contribution in [0.5, 0.6) is 11.5 Å². The van der Waals surface area contributed by atoms with Crippen LogP contribution in [0.2, 0.25) is 5.02 Å². The van der Waals surface area contributed by atoms with Crippen molar-refractivity contribution in [3.8, 4) is 11.5 Å². The Kier molecular flexibility index (Phi) is 6.38. The van der Waals surface area contributed by atoms with Crippen LogP contribution in [0.1, 0.15) is 22.7 Å². The number of likely N-dealkylation sites (tertiary alicyclic amines) is 1. The van der Waals surface area contributed by atoms with Gasteiger partial charge in [-0.25, -0.2) is 0 Å². The van der Waals surface area contributed by atoms with Gasteiger partial charge in [0.15, 0.2) is 11.5 Å². The monoisotopic (exact) mass is 463 g/mol. The molecule has 168 valence electrons. The number of hydrogen-bond donors (Lipinski definition) is 1. The van der Waals surface area contributed by atoms with Gasteiger partial charge in [-0.2, -0.15) is 0 Å². The SMILES string of the molecule is COc1ccc(C2/C(=C(/O)c3ccc(Cl)cc3)C(=O)C(=O)N2Cc2ccccc2)cc1OC. The van der Waals surface area contributed by atoms with E-state index in [0.717, 1.165) is 5.56 Å². The van der Waals surface area contributed by atoms with Crippen LogP contribution in [-0.2, 0) is 16.1 Å². The van der Waals surface area contributed by atoms with Crippen LogP contribution in [-0.4, -0.2) is 35.9 Å². The van der Waals surface area contributed by atoms with Crippen molar-refractivity contribution in [3.63, 3.8) is 0 Å². The Labute approximate surface area is 196 Å². The number of rotatable bonds is 6. The standard InChI is InChI=1S/C26H22ClNO5/c1-32-20-13-10-18(14-21(20)33-2)23-22(24(29)17-8-11-19(27)12-9-17)25(30)26(31)28(23)15-16-6-4-3-5-7-16/h3-14,23,29H,15H2,1-2H3/b24-22-. The maximum absolute atomic E-state index is 13.2. The molecule has 0 saturated carbocycles. The predicted octanol–water partition coefficient (Wildman–Crippen LogP) is 4.98. The van der Waals surface area contributed by atoms with Gasteiger partial charge >= 0.3 is 0 Å². The number of hydrogen-bond acceptors (Lipinski definition) is 5. The Balaban J connectivity index is 1.89. The van der Waals surface area contributed by atoms with Crippen LogP contribution in [0.15, 0.2) is 78.4 Å². The summed E-state index contributed by atoms with van der Waals surface area (Å²) >= 11 is 5.98. The number of Topliss-reactive ketones (excluding diaryl/α,β-unsaturated/α-hetero) is 1. The molecule has 1 N–H and O–H groups in total. The molecule has 3 aromatic rings. The zero-order valence-electron chi connectivity index (χ0n) is 18.1. The van der Waals surface area contributed by atoms with Crippen molar-refractivity contribution in [2.75, 3.05) is 14.2 Å². The zero-order chi connectivity index (χ0) is 23.5. The van der Waals surface area contributed by atoms with Crippen molar-refractivity contribution in [2.45, 2.75) is 12.6 Å². The molecule has 1 unspecified atom stereocenters. The van der Waals surface area contributed by atoms with Crippen molar-refractivity contribution < 1.29 is 24.2 Å². The van der Waals surface area contributed by atoms with E-state index in [9.17, 15) is 14.7 Å². The van der Waals surface area contributed by atoms with Gasteiger partial charge in [-0.05, 0) is 47.5 Å². The Morgan fingerprint density at radius 1 is 0.939 bits per heavy atom. The maximum Gasteiger partial charge on any atom is 0.295 e. The Bertz CT molecular complexity index is 1220. The summed E-state index contributed by atoms with van der Waals surface area (Å²) in [5, 5.41) is 11.6. The van der Waals surface area contributed by atoms with Crippen LogP contribution < -0.4 is 9.47 Å². The molecular formula is C26H22ClNO5. The van der Waals surface area contributed by atoms with Gasteiger partial charge in [-0.1, -0.05) is 48.0 Å². The first kappa shape index (κ1) is 22.4. The molecule has 0 radical (unpaired) electrons. The molecule has 33 heavy (non-hydrogen) atoms. The summed E-state index contributed by atoms with van der Waals surface area (Å²) in [6.45, 7) is 0.196. The van der Waals surface area contributed by atoms with Gasteiger partial charge in [0.1, 0.15) is 5.76 Å². The van der Waals surface area contributed by atoms with Crippen molar-refractivity contribution in [1.82, 2.24) is 4.90 Å². The third-order valence-corrected chi connectivity index (χ3v) is 5.83. The smallest absolute Gasteiger partial charge is 0.295 e. The molecule has 0 aliphatic carbocycles. The number of benzene rings is 3. The van der Waals surface area contributed by atoms with E-state index in [-0.39, 0.29) is 17.9 Å². The average molecular weight is 464 g/mol. The van der Waals surface area contributed by atoms with Gasteiger partial charge in [0.25, 0.3) is 11.7 Å². The van der Waals surface area contributed by atoms with Crippen molar-refractivity contribution in [3.05, 3.63) is 100 Å². The molecule has 1 heterocycles. The molecule has 6 nitrogen and oxygen atoms in total. The molecule has 1 aliphatic rings. The van der Waals surface area contributed by atoms with E-state index in [4.69, 9.17) is 21.1 Å². The van der Waals surface area contributed by atoms with Crippen molar-refractivity contribution in [1.29, 1.82) is 0 Å². The molecular weight excluding hydrogens is 442 g/mol. The third kappa shape index (κ3) is 4.30. The molecule has 0 bridgehead atoms. The molecule has 0 spiro atoms. The number of aliphatic hydroxyl groups excluding tert-OH is 1. The lowest BCUT2D eigenvalue weighted by atomic mass is 9.95. The highest BCUT2D eigenvalue weighted by atomic mass is 35.5. The number of halogens is 1. The van der Waals surface area contributed by atoms with Crippen LogP contribution >= 0.6 is 11.6 Å². The topological polar surface area (TPSA) is 76.1 Å². The molecule has 1 amide bonds. The van der Waals surface area contributed by atoms with Gasteiger partial charge in [-0.15, -0.1) is 0 Å². The Morgan fingerprint density at radius 3 is 2.24 bits per heavy atom. The predicted molar refractivity (Wildman–Crippen MR) is 125 cm³/mol. The number of carbonyl (C=O) groups excluding carboxylic acids is 2. The molecule has 1 fully saturated rings. The van der Waals surface area contributed by atoms with Crippen LogP contribution in [0.3, 0.4) is 0 Å². The average Bonchev–Trinajstić information content (AvgIpc) is 3.09. The number of aliphatic hydroxyl groups is 1. The van der Waals surface area contributed by atoms with Crippen LogP contribution in [0.25, 0.3) is 5.76 Å². The Morgan fingerprint density at radius 2 is 1.61 bits per heavy atom. The molecule has 0 aromatic heterocycles. The minimum absolute atomic E-state index is 0.00507. The first-order valence-corrected chi connectivity index (χ1v) is 10.6. The van der Waals surface area contributed by atoms with E-state index in [1.807, 2.05) is 30.3 Å². The number of carbonyl (C=O) groups is 2. The van der Waals surface area contributed by atoms with E-state index in [2.05, 4.69) is 0 Å². The first-order valence-electron chi connectivity index (χ1n) is 10.2. The minimum atomic E-state index is -0.819. The summed E-state index contributed by atoms with van der Waals surface area (Å²) in [6, 6.07) is 20.2. The van der Waals surface area contributed by atoms with Gasteiger partial charge in [0, 0.05) is 17.1 Å². The van der Waals surface area contributed by atoms with E-state index in [1.54, 1.807) is 42.5 Å². The lowest BCUT2D eigenvalue weighted by Crippen LogP contribution is -2.29. The van der Waals surface area contributed by atoms with E-state index >= 15 is 0 Å². The molecule has 3 aromatic carbocycles. The highest BCUT2D eigenvalue weighted by molar-refractivity contribution is 6.46. The second kappa shape index (κ2) is 9.38. The Hall–Kier alpha value is -3.77. The molecule has 1 aliphatic heterocycles. The number of ketones is 1. The molecule has 1 saturated heterocycles. The third-order valence-electron chi connectivity index (χ3n) is 5.58. The van der Waals surface area contributed by atoms with Gasteiger partial charge in [0.05, 0.1) is 25.8 Å². The number of ether oxygens (including phenoxy) is 2. The quantitative estimate of drug-likeness (QED) is 0.317. The lowest BCUT2D eigenvalue weighted by molar-refractivity contribution is -0.140. The minimum Gasteiger partial charge on any atom is -0.507 e. The fourth-order valence-electron chi connectivity index (χ4n) is 3.96. The van der Waals surface area contributed by atoms with Gasteiger partial charge in [0.2, 0.25) is 0 Å². The summed E-state index contributed by atoms with van der Waals surface area (Å²) in [5.41, 5.74) is 1.86. The van der Waals surface area contributed by atoms with E-state index < -0.39 is 17.7 Å². The van der Waals surface area contributed by atoms with E-state index in [1.165, 1.54) is 19.1 Å². The number of amides is 1. The largest absolute Gasteiger partial charge is 0.507 e. The summed E-state index contributed by atoms with van der Waals surface area (Å²) in [7, 11) is 3.04. The molecule has 1 atom stereocenters.